The monoisotopic (exact) mass is 336 g/mol. The maximum Gasteiger partial charge on any atom is 0.172 e. The average Bonchev–Trinajstić information content (AvgIpc) is 2.09. The zero-order valence-corrected chi connectivity index (χ0v) is 19.2. The van der Waals surface area contributed by atoms with E-state index in [9.17, 15) is 0 Å². The molecule has 0 fully saturated rings. The van der Waals surface area contributed by atoms with E-state index in [0.717, 1.165) is 0 Å². The molecule has 0 aliphatic rings. The molecule has 0 aromatic heterocycles. The van der Waals surface area contributed by atoms with E-state index in [-0.39, 0.29) is 0 Å². The third-order valence-electron chi connectivity index (χ3n) is 3.14. The molecule has 116 valence electrons. The lowest BCUT2D eigenvalue weighted by Gasteiger charge is -2.52. The summed E-state index contributed by atoms with van der Waals surface area (Å²) in [5.41, 5.74) is 0. The third-order valence-corrected chi connectivity index (χ3v) is 22.2. The van der Waals surface area contributed by atoms with Crippen molar-refractivity contribution in [1.29, 1.82) is 0 Å². The molecule has 0 aromatic carbocycles. The second-order valence-corrected chi connectivity index (χ2v) is 27.8. The van der Waals surface area contributed by atoms with E-state index in [1.165, 1.54) is 12.3 Å². The molecular weight excluding hydrogens is 299 g/mol. The van der Waals surface area contributed by atoms with Gasteiger partial charge in [0.15, 0.2) is 8.24 Å². The first-order valence-corrected chi connectivity index (χ1v) is 20.0. The van der Waals surface area contributed by atoms with E-state index in [1.54, 1.807) is 0 Å². The Labute approximate surface area is 125 Å². The Balaban J connectivity index is 6.18. The number of hydrogen-bond acceptors (Lipinski definition) is 1. The fourth-order valence-corrected chi connectivity index (χ4v) is 29.8. The first-order valence-electron chi connectivity index (χ1n) is 7.62. The number of rotatable bonds is 6. The molecule has 2 nitrogen and oxygen atoms in total. The molecule has 0 bridgehead atoms. The highest BCUT2D eigenvalue weighted by molar-refractivity contribution is 7.69. The highest BCUT2D eigenvalue weighted by atomic mass is 31.2. The molecule has 0 aromatic rings. The second-order valence-electron chi connectivity index (χ2n) is 8.44. The van der Waals surface area contributed by atoms with Crippen molar-refractivity contribution in [1.82, 2.24) is 4.00 Å². The normalized spacial score (nSPS) is 14.9. The Kier molecular flexibility index (Phi) is 6.58. The fraction of sp³-hybridized carbons (Fsp3) is 1.00. The van der Waals surface area contributed by atoms with Gasteiger partial charge in [0.1, 0.15) is 16.5 Å². The molecule has 0 unspecified atom stereocenters. The molecule has 0 radical (unpaired) electrons. The quantitative estimate of drug-likeness (QED) is 0.432. The van der Waals surface area contributed by atoms with Crippen molar-refractivity contribution in [2.75, 3.05) is 12.3 Å². The maximum atomic E-state index is 5.56. The van der Waals surface area contributed by atoms with Gasteiger partial charge in [0.05, 0.1) is 0 Å². The molecule has 19 heavy (non-hydrogen) atoms. The Hall–Kier alpha value is 0.841. The summed E-state index contributed by atoms with van der Waals surface area (Å²) in [7, 11) is -5.32. The highest BCUT2D eigenvalue weighted by Crippen LogP contribution is 2.58. The minimum absolute atomic E-state index is 1.27. The van der Waals surface area contributed by atoms with Crippen molar-refractivity contribution in [3.8, 4) is 0 Å². The average molecular weight is 337 g/mol. The van der Waals surface area contributed by atoms with Crippen LogP contribution >= 0.6 is 7.21 Å². The van der Waals surface area contributed by atoms with Crippen LogP contribution in [0.4, 0.5) is 0 Å². The lowest BCUT2D eigenvalue weighted by atomic mass is 11.0. The van der Waals surface area contributed by atoms with E-state index < -0.39 is 31.9 Å². The van der Waals surface area contributed by atoms with Gasteiger partial charge in [-0.1, -0.05) is 72.8 Å². The van der Waals surface area contributed by atoms with Crippen LogP contribution in [0.3, 0.4) is 0 Å². The topological polar surface area (TPSA) is 15.6 Å². The first-order chi connectivity index (χ1) is 8.19. The Morgan fingerprint density at radius 2 is 1.05 bits per heavy atom. The van der Waals surface area contributed by atoms with Gasteiger partial charge in [0, 0.05) is 7.21 Å². The van der Waals surface area contributed by atoms with E-state index >= 15 is 0 Å². The van der Waals surface area contributed by atoms with E-state index in [4.69, 9.17) is 4.41 Å². The maximum absolute atomic E-state index is 5.56. The zero-order valence-electron chi connectivity index (χ0n) is 15.3. The van der Waals surface area contributed by atoms with E-state index in [1.807, 2.05) is 0 Å². The largest absolute Gasteiger partial charge is 0.326 e. The van der Waals surface area contributed by atoms with Crippen molar-refractivity contribution < 1.29 is 0 Å². The molecule has 0 saturated carbocycles. The molecule has 0 rings (SSSR count). The van der Waals surface area contributed by atoms with Gasteiger partial charge in [-0.15, -0.1) is 0 Å². The summed E-state index contributed by atoms with van der Waals surface area (Å²) < 4.78 is 8.59. The van der Waals surface area contributed by atoms with Gasteiger partial charge in [0.25, 0.3) is 0 Å². The molecule has 0 heterocycles. The van der Waals surface area contributed by atoms with Crippen LogP contribution in [0.5, 0.6) is 0 Å². The van der Waals surface area contributed by atoms with Crippen LogP contribution in [0, 0.1) is 0 Å². The summed E-state index contributed by atoms with van der Waals surface area (Å²) in [6, 6.07) is 0. The first kappa shape index (κ1) is 19.8. The van der Waals surface area contributed by atoms with Gasteiger partial charge < -0.3 is 8.41 Å². The molecule has 0 atom stereocenters. The van der Waals surface area contributed by atoms with Crippen LogP contribution in [-0.4, -0.2) is 41.0 Å². The predicted octanol–water partition coefficient (Wildman–Crippen LogP) is 5.95. The van der Waals surface area contributed by atoms with Crippen molar-refractivity contribution >= 4 is 31.9 Å². The minimum Gasteiger partial charge on any atom is -0.326 e. The SMILES string of the molecule is CCP(CC)(=N[Si](C)(C)C)N([Si](C)(C)C)[Si](C)(C)C. The van der Waals surface area contributed by atoms with Gasteiger partial charge in [-0.2, -0.15) is 0 Å². The molecule has 0 N–H and O–H groups in total. The lowest BCUT2D eigenvalue weighted by Crippen LogP contribution is -2.57. The highest BCUT2D eigenvalue weighted by Gasteiger charge is 2.43. The van der Waals surface area contributed by atoms with Crippen LogP contribution in [0.2, 0.25) is 58.9 Å². The molecule has 0 saturated heterocycles. The van der Waals surface area contributed by atoms with E-state index in [0.29, 0.717) is 0 Å². The summed E-state index contributed by atoms with van der Waals surface area (Å²) in [4.78, 5) is 0. The molecule has 0 spiro atoms. The summed E-state index contributed by atoms with van der Waals surface area (Å²) in [5, 5.41) is 0. The van der Waals surface area contributed by atoms with Crippen molar-refractivity contribution in [3.05, 3.63) is 0 Å². The van der Waals surface area contributed by atoms with Crippen molar-refractivity contribution in [2.24, 2.45) is 4.41 Å². The smallest absolute Gasteiger partial charge is 0.172 e. The summed E-state index contributed by atoms with van der Waals surface area (Å²) in [5.74, 6) is 0. The molecule has 0 aliphatic carbocycles. The van der Waals surface area contributed by atoms with Gasteiger partial charge in [-0.25, -0.2) is 0 Å². The minimum atomic E-state index is -1.38. The summed E-state index contributed by atoms with van der Waals surface area (Å²) >= 11 is 0. The van der Waals surface area contributed by atoms with Crippen LogP contribution in [0.15, 0.2) is 4.41 Å². The van der Waals surface area contributed by atoms with Crippen molar-refractivity contribution in [3.63, 3.8) is 0 Å². The van der Waals surface area contributed by atoms with Crippen LogP contribution in [-0.2, 0) is 0 Å². The van der Waals surface area contributed by atoms with Crippen molar-refractivity contribution in [2.45, 2.75) is 72.8 Å². The number of nitrogens with zero attached hydrogens (tertiary/aromatic N) is 2. The Morgan fingerprint density at radius 3 is 1.21 bits per heavy atom. The van der Waals surface area contributed by atoms with Gasteiger partial charge in [-0.05, 0) is 12.3 Å². The molecular formula is C13H37N2PSi3. The lowest BCUT2D eigenvalue weighted by molar-refractivity contribution is 0.939. The van der Waals surface area contributed by atoms with Crippen LogP contribution < -0.4 is 0 Å². The van der Waals surface area contributed by atoms with Gasteiger partial charge >= 0.3 is 0 Å². The predicted molar refractivity (Wildman–Crippen MR) is 102 cm³/mol. The zero-order chi connectivity index (χ0) is 15.7. The molecule has 6 heteroatoms. The Morgan fingerprint density at radius 1 is 0.737 bits per heavy atom. The summed E-state index contributed by atoms with van der Waals surface area (Å²) in [6.07, 6.45) is 2.53. The Bertz CT molecular complexity index is 326. The van der Waals surface area contributed by atoms with Gasteiger partial charge in [-0.3, -0.25) is 0 Å². The van der Waals surface area contributed by atoms with E-state index in [2.05, 4.69) is 76.8 Å². The number of hydrogen-bond donors (Lipinski definition) is 0. The molecule has 0 aliphatic heterocycles. The fourth-order valence-electron chi connectivity index (χ4n) is 3.37. The standard InChI is InChI=1S/C13H37N2PSi3/c1-12-16(13-2,14-17(3,4)5)15(18(6,7)8)19(9,10)11/h12-13H2,1-11H3. The van der Waals surface area contributed by atoms with Crippen LogP contribution in [0.1, 0.15) is 13.8 Å². The van der Waals surface area contributed by atoms with Gasteiger partial charge in [0.2, 0.25) is 0 Å². The third kappa shape index (κ3) is 5.62. The second kappa shape index (κ2) is 6.30. The molecule has 0 amide bonds. The summed E-state index contributed by atoms with van der Waals surface area (Å²) in [6.45, 7) is 27.1. The van der Waals surface area contributed by atoms with Crippen LogP contribution in [0.25, 0.3) is 0 Å².